The zero-order chi connectivity index (χ0) is 14.5. The van der Waals surface area contributed by atoms with Crippen LogP contribution in [-0.4, -0.2) is 18.1 Å². The number of carbonyl (C=O) groups excluding carboxylic acids is 1. The van der Waals surface area contributed by atoms with Gasteiger partial charge in [-0.2, -0.15) is 0 Å². The van der Waals surface area contributed by atoms with Gasteiger partial charge >= 0.3 is 5.97 Å². The maximum Gasteiger partial charge on any atom is 0.340 e. The third-order valence-corrected chi connectivity index (χ3v) is 2.97. The molecule has 4 nitrogen and oxygen atoms in total. The lowest BCUT2D eigenvalue weighted by Crippen LogP contribution is -2.12. The number of pyridine rings is 1. The Hall–Kier alpha value is -2.43. The van der Waals surface area contributed by atoms with Crippen molar-refractivity contribution in [1.82, 2.24) is 4.98 Å². The fraction of sp³-hybridized carbons (Fsp3) is 0.200. The Labute approximate surface area is 116 Å². The van der Waals surface area contributed by atoms with Crippen LogP contribution in [0.5, 0.6) is 0 Å². The Bertz CT molecular complexity index is 599. The highest BCUT2D eigenvalue weighted by Crippen LogP contribution is 2.22. The summed E-state index contributed by atoms with van der Waals surface area (Å²) in [5.41, 5.74) is 1.90. The van der Waals surface area contributed by atoms with E-state index in [0.29, 0.717) is 11.3 Å². The van der Waals surface area contributed by atoms with Gasteiger partial charge in [0, 0.05) is 12.2 Å². The van der Waals surface area contributed by atoms with Crippen LogP contribution in [-0.2, 0) is 4.74 Å². The van der Waals surface area contributed by atoms with Gasteiger partial charge in [0.1, 0.15) is 5.82 Å². The number of rotatable bonds is 4. The highest BCUT2D eigenvalue weighted by molar-refractivity contribution is 5.95. The van der Waals surface area contributed by atoms with E-state index in [9.17, 15) is 9.18 Å². The smallest absolute Gasteiger partial charge is 0.340 e. The summed E-state index contributed by atoms with van der Waals surface area (Å²) in [7, 11) is 1.33. The van der Waals surface area contributed by atoms with E-state index in [0.717, 1.165) is 5.56 Å². The monoisotopic (exact) mass is 274 g/mol. The zero-order valence-electron chi connectivity index (χ0n) is 11.3. The Morgan fingerprint density at radius 1 is 1.30 bits per heavy atom. The number of halogens is 1. The molecule has 0 saturated carbocycles. The van der Waals surface area contributed by atoms with Crippen molar-refractivity contribution in [2.24, 2.45) is 0 Å². The van der Waals surface area contributed by atoms with E-state index >= 15 is 0 Å². The number of methoxy groups -OCH3 is 1. The minimum Gasteiger partial charge on any atom is -0.465 e. The lowest BCUT2D eigenvalue weighted by molar-refractivity contribution is 0.0601. The van der Waals surface area contributed by atoms with Gasteiger partial charge in [-0.1, -0.05) is 12.1 Å². The molecule has 1 aromatic carbocycles. The summed E-state index contributed by atoms with van der Waals surface area (Å²) in [5.74, 6) is -0.709. The molecule has 0 aliphatic carbocycles. The second-order valence-corrected chi connectivity index (χ2v) is 4.33. The number of esters is 1. The number of ether oxygens (including phenoxy) is 1. The molecule has 104 valence electrons. The molecule has 1 aromatic heterocycles. The van der Waals surface area contributed by atoms with E-state index in [1.54, 1.807) is 24.4 Å². The molecule has 5 heteroatoms. The Kier molecular flexibility index (Phi) is 4.30. The van der Waals surface area contributed by atoms with Crippen molar-refractivity contribution in [2.75, 3.05) is 12.4 Å². The molecule has 1 N–H and O–H groups in total. The normalized spacial score (nSPS) is 11.8. The van der Waals surface area contributed by atoms with Crippen LogP contribution in [0.4, 0.5) is 10.1 Å². The molecular weight excluding hydrogens is 259 g/mol. The summed E-state index contributed by atoms with van der Waals surface area (Å²) < 4.78 is 17.6. The number of nitrogens with zero attached hydrogens (tertiary/aromatic N) is 1. The van der Waals surface area contributed by atoms with E-state index in [4.69, 9.17) is 4.74 Å². The van der Waals surface area contributed by atoms with Crippen molar-refractivity contribution >= 4 is 11.7 Å². The van der Waals surface area contributed by atoms with Gasteiger partial charge in [-0.3, -0.25) is 4.98 Å². The van der Waals surface area contributed by atoms with Crippen LogP contribution in [0.2, 0.25) is 0 Å². The largest absolute Gasteiger partial charge is 0.465 e. The lowest BCUT2D eigenvalue weighted by atomic mass is 10.1. The van der Waals surface area contributed by atoms with Crippen molar-refractivity contribution in [3.63, 3.8) is 0 Å². The number of carbonyl (C=O) groups is 1. The average molecular weight is 274 g/mol. The maximum atomic E-state index is 12.9. The van der Waals surface area contributed by atoms with Crippen LogP contribution in [0.3, 0.4) is 0 Å². The first-order chi connectivity index (χ1) is 9.61. The Morgan fingerprint density at radius 2 is 2.00 bits per heavy atom. The second kappa shape index (κ2) is 6.14. The van der Waals surface area contributed by atoms with Crippen molar-refractivity contribution in [2.45, 2.75) is 13.0 Å². The van der Waals surface area contributed by atoms with E-state index in [2.05, 4.69) is 10.3 Å². The van der Waals surface area contributed by atoms with E-state index in [-0.39, 0.29) is 11.9 Å². The molecule has 1 unspecified atom stereocenters. The molecule has 1 atom stereocenters. The van der Waals surface area contributed by atoms with Gasteiger partial charge in [0.15, 0.2) is 0 Å². The van der Waals surface area contributed by atoms with Crippen LogP contribution in [0, 0.1) is 5.82 Å². The van der Waals surface area contributed by atoms with Gasteiger partial charge in [0.25, 0.3) is 0 Å². The molecule has 0 amide bonds. The molecule has 0 saturated heterocycles. The molecule has 0 radical (unpaired) electrons. The van der Waals surface area contributed by atoms with Gasteiger partial charge in [-0.05, 0) is 30.7 Å². The molecule has 20 heavy (non-hydrogen) atoms. The first kappa shape index (κ1) is 14.0. The molecule has 1 heterocycles. The van der Waals surface area contributed by atoms with E-state index in [1.165, 1.54) is 25.4 Å². The van der Waals surface area contributed by atoms with Crippen molar-refractivity contribution in [3.05, 3.63) is 59.7 Å². The van der Waals surface area contributed by atoms with Crippen LogP contribution in [0.1, 0.15) is 28.9 Å². The van der Waals surface area contributed by atoms with Crippen LogP contribution in [0.15, 0.2) is 42.7 Å². The molecule has 0 aliphatic heterocycles. The summed E-state index contributed by atoms with van der Waals surface area (Å²) in [6, 6.07) is 7.69. The van der Waals surface area contributed by atoms with Crippen LogP contribution < -0.4 is 5.32 Å². The van der Waals surface area contributed by atoms with Crippen molar-refractivity contribution in [3.8, 4) is 0 Å². The quantitative estimate of drug-likeness (QED) is 0.870. The summed E-state index contributed by atoms with van der Waals surface area (Å²) in [5, 5.41) is 3.18. The molecule has 0 bridgehead atoms. The second-order valence-electron chi connectivity index (χ2n) is 4.33. The van der Waals surface area contributed by atoms with Crippen LogP contribution in [0.25, 0.3) is 0 Å². The van der Waals surface area contributed by atoms with E-state index in [1.807, 2.05) is 6.92 Å². The van der Waals surface area contributed by atoms with Gasteiger partial charge in [-0.25, -0.2) is 9.18 Å². The van der Waals surface area contributed by atoms with Gasteiger partial charge in [-0.15, -0.1) is 0 Å². The highest BCUT2D eigenvalue weighted by Gasteiger charge is 2.14. The number of hydrogen-bond donors (Lipinski definition) is 1. The van der Waals surface area contributed by atoms with Crippen LogP contribution >= 0.6 is 0 Å². The average Bonchev–Trinajstić information content (AvgIpc) is 2.47. The summed E-state index contributed by atoms with van der Waals surface area (Å²) in [6.07, 6.45) is 3.09. The predicted octanol–water partition coefficient (Wildman–Crippen LogP) is 3.18. The number of benzene rings is 1. The highest BCUT2D eigenvalue weighted by atomic mass is 19.1. The SMILES string of the molecule is COC(=O)c1ccncc1NC(C)c1ccc(F)cc1. The van der Waals surface area contributed by atoms with Gasteiger partial charge in [0.05, 0.1) is 24.6 Å². The van der Waals surface area contributed by atoms with Gasteiger partial charge in [0.2, 0.25) is 0 Å². The third kappa shape index (κ3) is 3.12. The minimum atomic E-state index is -0.429. The number of anilines is 1. The van der Waals surface area contributed by atoms with Crippen molar-refractivity contribution < 1.29 is 13.9 Å². The number of nitrogens with one attached hydrogen (secondary N) is 1. The zero-order valence-corrected chi connectivity index (χ0v) is 11.3. The third-order valence-electron chi connectivity index (χ3n) is 2.97. The maximum absolute atomic E-state index is 12.9. The molecule has 0 fully saturated rings. The first-order valence-corrected chi connectivity index (χ1v) is 6.16. The Balaban J connectivity index is 2.21. The summed E-state index contributed by atoms with van der Waals surface area (Å²) in [4.78, 5) is 15.6. The summed E-state index contributed by atoms with van der Waals surface area (Å²) in [6.45, 7) is 1.92. The molecular formula is C15H15FN2O2. The molecule has 2 rings (SSSR count). The lowest BCUT2D eigenvalue weighted by Gasteiger charge is -2.17. The first-order valence-electron chi connectivity index (χ1n) is 6.16. The van der Waals surface area contributed by atoms with Gasteiger partial charge < -0.3 is 10.1 Å². The fourth-order valence-electron chi connectivity index (χ4n) is 1.87. The minimum absolute atomic E-state index is 0.0943. The summed E-state index contributed by atoms with van der Waals surface area (Å²) >= 11 is 0. The molecule has 0 spiro atoms. The standard InChI is InChI=1S/C15H15FN2O2/c1-10(11-3-5-12(16)6-4-11)18-14-9-17-8-7-13(14)15(19)20-2/h3-10,18H,1-2H3. The van der Waals surface area contributed by atoms with Crippen molar-refractivity contribution in [1.29, 1.82) is 0 Å². The Morgan fingerprint density at radius 3 is 2.65 bits per heavy atom. The topological polar surface area (TPSA) is 51.2 Å². The number of hydrogen-bond acceptors (Lipinski definition) is 4. The fourth-order valence-corrected chi connectivity index (χ4v) is 1.87. The molecule has 2 aromatic rings. The number of aromatic nitrogens is 1. The predicted molar refractivity (Wildman–Crippen MR) is 74.0 cm³/mol. The molecule has 0 aliphatic rings. The van der Waals surface area contributed by atoms with E-state index < -0.39 is 5.97 Å².